The molecule has 0 radical (unpaired) electrons. The first kappa shape index (κ1) is 22.8. The van der Waals surface area contributed by atoms with E-state index in [1.807, 2.05) is 13.0 Å². The number of aromatic nitrogens is 4. The molecule has 0 amide bonds. The molecule has 0 spiro atoms. The lowest BCUT2D eigenvalue weighted by molar-refractivity contribution is 0.0804. The van der Waals surface area contributed by atoms with Crippen molar-refractivity contribution in [2.24, 2.45) is 0 Å². The van der Waals surface area contributed by atoms with Gasteiger partial charge in [-0.3, -0.25) is 9.19 Å². The highest BCUT2D eigenvalue weighted by molar-refractivity contribution is 7.85. The number of alkyl halides is 2. The summed E-state index contributed by atoms with van der Waals surface area (Å²) in [5.74, 6) is 2.76. The highest BCUT2D eigenvalue weighted by atomic mass is 35.5. The van der Waals surface area contributed by atoms with Crippen LogP contribution in [-0.2, 0) is 22.8 Å². The van der Waals surface area contributed by atoms with Gasteiger partial charge in [0.2, 0.25) is 0 Å². The molecule has 4 heterocycles. The molecule has 0 aromatic carbocycles. The van der Waals surface area contributed by atoms with Crippen molar-refractivity contribution >= 4 is 28.0 Å². The molecule has 3 aromatic heterocycles. The zero-order valence-corrected chi connectivity index (χ0v) is 19.3. The lowest BCUT2D eigenvalue weighted by Gasteiger charge is -2.30. The largest absolute Gasteiger partial charge is 0.486 e. The Morgan fingerprint density at radius 2 is 2.00 bits per heavy atom. The van der Waals surface area contributed by atoms with Crippen molar-refractivity contribution in [3.8, 4) is 11.5 Å². The molecule has 0 N–H and O–H groups in total. The van der Waals surface area contributed by atoms with Crippen molar-refractivity contribution in [2.75, 3.05) is 18.1 Å². The summed E-state index contributed by atoms with van der Waals surface area (Å²) in [7, 11) is -0.764. The third kappa shape index (κ3) is 4.85. The van der Waals surface area contributed by atoms with Gasteiger partial charge < -0.3 is 9.47 Å². The number of rotatable bonds is 7. The van der Waals surface area contributed by atoms with Gasteiger partial charge in [0.15, 0.2) is 11.5 Å². The predicted octanol–water partition coefficient (Wildman–Crippen LogP) is 4.11. The predicted molar refractivity (Wildman–Crippen MR) is 117 cm³/mol. The van der Waals surface area contributed by atoms with Gasteiger partial charge in [0, 0.05) is 40.0 Å². The first-order valence-corrected chi connectivity index (χ1v) is 12.0. The van der Waals surface area contributed by atoms with Crippen LogP contribution in [0.3, 0.4) is 0 Å². The van der Waals surface area contributed by atoms with E-state index >= 15 is 0 Å². The standard InChI is InChI=1S/C21H23ClF2N4O3S/c1-13-16(30-11-15-17(31-12-18(23)24)9-14(22)10-25-15)3-4-19-26-20(27-28(13)19)21(2)5-7-32(29)8-6-21/h3-4,9-10,18H,5-8,11-12H2,1-2H3. The fourth-order valence-electron chi connectivity index (χ4n) is 3.57. The molecule has 4 rings (SSSR count). The number of fused-ring (bicyclic) bond motifs is 1. The Hall–Kier alpha value is -2.33. The second kappa shape index (κ2) is 9.27. The molecular formula is C21H23ClF2N4O3S. The zero-order valence-electron chi connectivity index (χ0n) is 17.7. The van der Waals surface area contributed by atoms with Crippen LogP contribution in [0.5, 0.6) is 11.5 Å². The average molecular weight is 485 g/mol. The molecule has 1 aliphatic heterocycles. The molecule has 0 bridgehead atoms. The summed E-state index contributed by atoms with van der Waals surface area (Å²) in [5.41, 5.74) is 1.59. The van der Waals surface area contributed by atoms with E-state index in [0.717, 1.165) is 24.4 Å². The number of hydrogen-bond donors (Lipinski definition) is 0. The fraction of sp³-hybridized carbons (Fsp3) is 0.476. The molecule has 0 atom stereocenters. The number of hydrogen-bond acceptors (Lipinski definition) is 6. The SMILES string of the molecule is Cc1c(OCc2ncc(Cl)cc2OCC(F)F)ccc2nc(C3(C)CCS(=O)CC3)nn12. The fourth-order valence-corrected chi connectivity index (χ4v) is 5.28. The average Bonchev–Trinajstić information content (AvgIpc) is 3.21. The van der Waals surface area contributed by atoms with Crippen LogP contribution >= 0.6 is 11.6 Å². The zero-order chi connectivity index (χ0) is 22.9. The highest BCUT2D eigenvalue weighted by Gasteiger charge is 2.35. The van der Waals surface area contributed by atoms with Crippen LogP contribution in [-0.4, -0.2) is 48.3 Å². The lowest BCUT2D eigenvalue weighted by Crippen LogP contribution is -2.33. The molecule has 7 nitrogen and oxygen atoms in total. The number of ether oxygens (including phenoxy) is 2. The summed E-state index contributed by atoms with van der Waals surface area (Å²) < 4.78 is 49.6. The molecule has 1 fully saturated rings. The van der Waals surface area contributed by atoms with Gasteiger partial charge >= 0.3 is 0 Å². The van der Waals surface area contributed by atoms with E-state index in [2.05, 4.69) is 11.9 Å². The van der Waals surface area contributed by atoms with Gasteiger partial charge in [-0.1, -0.05) is 18.5 Å². The van der Waals surface area contributed by atoms with Crippen LogP contribution in [0.4, 0.5) is 8.78 Å². The summed E-state index contributed by atoms with van der Waals surface area (Å²) >= 11 is 5.92. The third-order valence-corrected chi connectivity index (χ3v) is 7.15. The van der Waals surface area contributed by atoms with E-state index in [-0.39, 0.29) is 22.8 Å². The van der Waals surface area contributed by atoms with Gasteiger partial charge in [-0.15, -0.1) is 0 Å². The first-order valence-electron chi connectivity index (χ1n) is 10.2. The van der Waals surface area contributed by atoms with Crippen LogP contribution < -0.4 is 9.47 Å². The van der Waals surface area contributed by atoms with Crippen LogP contribution in [0.25, 0.3) is 5.65 Å². The molecule has 1 aliphatic rings. The molecule has 0 unspecified atom stereocenters. The van der Waals surface area contributed by atoms with E-state index < -0.39 is 23.8 Å². The van der Waals surface area contributed by atoms with Crippen LogP contribution in [0.15, 0.2) is 24.4 Å². The minimum Gasteiger partial charge on any atom is -0.486 e. The second-order valence-corrected chi connectivity index (χ2v) is 10.1. The Kier molecular flexibility index (Phi) is 6.62. The summed E-state index contributed by atoms with van der Waals surface area (Å²) in [6.45, 7) is 3.22. The maximum absolute atomic E-state index is 12.5. The molecule has 3 aromatic rings. The molecule has 0 aliphatic carbocycles. The molecule has 32 heavy (non-hydrogen) atoms. The number of halogens is 3. The van der Waals surface area contributed by atoms with E-state index in [4.69, 9.17) is 31.2 Å². The van der Waals surface area contributed by atoms with Crippen molar-refractivity contribution < 1.29 is 22.5 Å². The quantitative estimate of drug-likeness (QED) is 0.502. The Morgan fingerprint density at radius 1 is 1.25 bits per heavy atom. The van der Waals surface area contributed by atoms with Crippen molar-refractivity contribution in [3.63, 3.8) is 0 Å². The summed E-state index contributed by atoms with van der Waals surface area (Å²) in [6, 6.07) is 5.04. The van der Waals surface area contributed by atoms with Crippen LogP contribution in [0, 0.1) is 6.92 Å². The maximum Gasteiger partial charge on any atom is 0.272 e. The Labute approximate surface area is 191 Å². The van der Waals surface area contributed by atoms with Gasteiger partial charge in [0.1, 0.15) is 30.4 Å². The van der Waals surface area contributed by atoms with Crippen molar-refractivity contribution in [2.45, 2.75) is 45.1 Å². The van der Waals surface area contributed by atoms with Crippen LogP contribution in [0.1, 0.15) is 37.0 Å². The van der Waals surface area contributed by atoms with Gasteiger partial charge in [-0.05, 0) is 31.9 Å². The van der Waals surface area contributed by atoms with E-state index in [9.17, 15) is 13.0 Å². The van der Waals surface area contributed by atoms with E-state index in [0.29, 0.717) is 28.6 Å². The van der Waals surface area contributed by atoms with E-state index in [1.54, 1.807) is 10.6 Å². The number of aryl methyl sites for hydroxylation is 1. The van der Waals surface area contributed by atoms with Gasteiger partial charge in [0.25, 0.3) is 6.43 Å². The minimum absolute atomic E-state index is 0.00711. The van der Waals surface area contributed by atoms with Crippen LogP contribution in [0.2, 0.25) is 5.02 Å². The molecule has 0 saturated carbocycles. The smallest absolute Gasteiger partial charge is 0.272 e. The van der Waals surface area contributed by atoms with E-state index in [1.165, 1.54) is 12.3 Å². The van der Waals surface area contributed by atoms with Gasteiger partial charge in [0.05, 0.1) is 10.7 Å². The molecule has 11 heteroatoms. The summed E-state index contributed by atoms with van der Waals surface area (Å²) in [6.07, 6.45) is 0.359. The molecule has 1 saturated heterocycles. The number of pyridine rings is 2. The third-order valence-electron chi connectivity index (χ3n) is 5.62. The minimum atomic E-state index is -2.61. The van der Waals surface area contributed by atoms with Gasteiger partial charge in [-0.2, -0.15) is 5.10 Å². The van der Waals surface area contributed by atoms with Crippen molar-refractivity contribution in [1.29, 1.82) is 0 Å². The molecular weight excluding hydrogens is 462 g/mol. The Bertz CT molecular complexity index is 1150. The topological polar surface area (TPSA) is 78.6 Å². The Morgan fingerprint density at radius 3 is 2.72 bits per heavy atom. The monoisotopic (exact) mass is 484 g/mol. The van der Waals surface area contributed by atoms with Crippen molar-refractivity contribution in [3.05, 3.63) is 46.6 Å². The maximum atomic E-state index is 12.5. The number of nitrogens with zero attached hydrogens (tertiary/aromatic N) is 4. The highest BCUT2D eigenvalue weighted by Crippen LogP contribution is 2.34. The lowest BCUT2D eigenvalue weighted by atomic mass is 9.83. The molecule has 172 valence electrons. The first-order chi connectivity index (χ1) is 15.2. The summed E-state index contributed by atoms with van der Waals surface area (Å²) in [4.78, 5) is 8.85. The Balaban J connectivity index is 1.55. The normalized spacial score (nSPS) is 21.2. The van der Waals surface area contributed by atoms with Crippen molar-refractivity contribution in [1.82, 2.24) is 19.6 Å². The second-order valence-electron chi connectivity index (χ2n) is 7.99. The summed E-state index contributed by atoms with van der Waals surface area (Å²) in [5, 5.41) is 5.00. The van der Waals surface area contributed by atoms with Gasteiger partial charge in [-0.25, -0.2) is 18.3 Å².